The number of carbonyl (C=O) groups is 1. The molecule has 0 aromatic carbocycles. The van der Waals surface area contributed by atoms with Crippen LogP contribution in [0.3, 0.4) is 0 Å². The molecule has 10 heavy (non-hydrogen) atoms. The van der Waals surface area contributed by atoms with Crippen LogP contribution in [0.2, 0.25) is 0 Å². The van der Waals surface area contributed by atoms with Gasteiger partial charge in [0, 0.05) is 5.92 Å². The standard InChI is InChI=1S/C9H14O/c1-7-5-3-4-6-9(7)8(2)10/h5,9H,3-4,6H2,1-2H3. The molecule has 1 aliphatic carbocycles. The second-order valence-corrected chi connectivity index (χ2v) is 3.04. The molecule has 1 atom stereocenters. The van der Waals surface area contributed by atoms with Gasteiger partial charge in [0.2, 0.25) is 0 Å². The molecule has 1 unspecified atom stereocenters. The van der Waals surface area contributed by atoms with Crippen molar-refractivity contribution in [2.45, 2.75) is 33.1 Å². The van der Waals surface area contributed by atoms with E-state index in [2.05, 4.69) is 13.0 Å². The van der Waals surface area contributed by atoms with Crippen molar-refractivity contribution in [1.82, 2.24) is 0 Å². The normalized spacial score (nSPS) is 25.8. The molecule has 0 saturated heterocycles. The Morgan fingerprint density at radius 3 is 2.80 bits per heavy atom. The van der Waals surface area contributed by atoms with Crippen LogP contribution in [0.5, 0.6) is 0 Å². The quantitative estimate of drug-likeness (QED) is 0.508. The fourth-order valence-corrected chi connectivity index (χ4v) is 1.55. The fourth-order valence-electron chi connectivity index (χ4n) is 1.55. The van der Waals surface area contributed by atoms with E-state index in [9.17, 15) is 4.79 Å². The van der Waals surface area contributed by atoms with Gasteiger partial charge in [0.05, 0.1) is 0 Å². The molecule has 0 amide bonds. The van der Waals surface area contributed by atoms with Gasteiger partial charge in [-0.3, -0.25) is 4.79 Å². The third kappa shape index (κ3) is 1.47. The Morgan fingerprint density at radius 2 is 2.40 bits per heavy atom. The molecule has 56 valence electrons. The van der Waals surface area contributed by atoms with Gasteiger partial charge in [0.15, 0.2) is 0 Å². The number of rotatable bonds is 1. The van der Waals surface area contributed by atoms with Gasteiger partial charge in [-0.05, 0) is 33.1 Å². The molecule has 0 bridgehead atoms. The number of carbonyl (C=O) groups excluding carboxylic acids is 1. The zero-order valence-corrected chi connectivity index (χ0v) is 6.68. The molecule has 0 fully saturated rings. The van der Waals surface area contributed by atoms with Gasteiger partial charge in [-0.1, -0.05) is 11.6 Å². The predicted octanol–water partition coefficient (Wildman–Crippen LogP) is 2.32. The summed E-state index contributed by atoms with van der Waals surface area (Å²) < 4.78 is 0. The van der Waals surface area contributed by atoms with Crippen LogP contribution in [0, 0.1) is 5.92 Å². The van der Waals surface area contributed by atoms with Crippen molar-refractivity contribution in [1.29, 1.82) is 0 Å². The smallest absolute Gasteiger partial charge is 0.136 e. The zero-order chi connectivity index (χ0) is 7.56. The summed E-state index contributed by atoms with van der Waals surface area (Å²) in [6.45, 7) is 3.75. The zero-order valence-electron chi connectivity index (χ0n) is 6.68. The van der Waals surface area contributed by atoms with Crippen molar-refractivity contribution in [2.24, 2.45) is 5.92 Å². The molecule has 0 aromatic rings. The second-order valence-electron chi connectivity index (χ2n) is 3.04. The Balaban J connectivity index is 2.67. The van der Waals surface area contributed by atoms with Crippen molar-refractivity contribution in [3.8, 4) is 0 Å². The Kier molecular flexibility index (Phi) is 2.25. The highest BCUT2D eigenvalue weighted by molar-refractivity contribution is 5.81. The topological polar surface area (TPSA) is 17.1 Å². The summed E-state index contributed by atoms with van der Waals surface area (Å²) in [5.41, 5.74) is 1.28. The van der Waals surface area contributed by atoms with Crippen LogP contribution in [-0.4, -0.2) is 5.78 Å². The van der Waals surface area contributed by atoms with E-state index in [-0.39, 0.29) is 5.92 Å². The lowest BCUT2D eigenvalue weighted by Gasteiger charge is -2.18. The number of allylic oxidation sites excluding steroid dienone is 2. The summed E-state index contributed by atoms with van der Waals surface area (Å²) in [4.78, 5) is 11.0. The van der Waals surface area contributed by atoms with Crippen LogP contribution in [0.25, 0.3) is 0 Å². The fraction of sp³-hybridized carbons (Fsp3) is 0.667. The summed E-state index contributed by atoms with van der Waals surface area (Å²) in [5, 5.41) is 0. The van der Waals surface area contributed by atoms with Crippen LogP contribution >= 0.6 is 0 Å². The molecule has 0 radical (unpaired) electrons. The van der Waals surface area contributed by atoms with Crippen LogP contribution in [0.1, 0.15) is 33.1 Å². The molecule has 0 aromatic heterocycles. The monoisotopic (exact) mass is 138 g/mol. The first kappa shape index (κ1) is 7.52. The van der Waals surface area contributed by atoms with Crippen LogP contribution in [0.15, 0.2) is 11.6 Å². The first-order chi connectivity index (χ1) is 4.72. The van der Waals surface area contributed by atoms with Gasteiger partial charge in [-0.15, -0.1) is 0 Å². The molecule has 1 nitrogen and oxygen atoms in total. The SMILES string of the molecule is CC(=O)C1CCCC=C1C. The van der Waals surface area contributed by atoms with Crippen LogP contribution < -0.4 is 0 Å². The lowest BCUT2D eigenvalue weighted by Crippen LogP contribution is -2.14. The third-order valence-corrected chi connectivity index (χ3v) is 2.20. The minimum absolute atomic E-state index is 0.244. The Hall–Kier alpha value is -0.590. The van der Waals surface area contributed by atoms with E-state index < -0.39 is 0 Å². The molecule has 0 N–H and O–H groups in total. The second kappa shape index (κ2) is 3.00. The molecule has 1 heteroatoms. The van der Waals surface area contributed by atoms with Crippen molar-refractivity contribution < 1.29 is 4.79 Å². The third-order valence-electron chi connectivity index (χ3n) is 2.20. The minimum atomic E-state index is 0.244. The minimum Gasteiger partial charge on any atom is -0.299 e. The highest BCUT2D eigenvalue weighted by Crippen LogP contribution is 2.24. The van der Waals surface area contributed by atoms with Gasteiger partial charge >= 0.3 is 0 Å². The summed E-state index contributed by atoms with van der Waals surface area (Å²) >= 11 is 0. The van der Waals surface area contributed by atoms with Gasteiger partial charge in [-0.25, -0.2) is 0 Å². The Labute approximate surface area is 62.1 Å². The lowest BCUT2D eigenvalue weighted by molar-refractivity contribution is -0.119. The van der Waals surface area contributed by atoms with Crippen molar-refractivity contribution in [3.05, 3.63) is 11.6 Å². The average molecular weight is 138 g/mol. The van der Waals surface area contributed by atoms with Gasteiger partial charge < -0.3 is 0 Å². The maximum absolute atomic E-state index is 11.0. The molecular weight excluding hydrogens is 124 g/mol. The maximum Gasteiger partial charge on any atom is 0.136 e. The number of hydrogen-bond acceptors (Lipinski definition) is 1. The van der Waals surface area contributed by atoms with Crippen LogP contribution in [-0.2, 0) is 4.79 Å². The van der Waals surface area contributed by atoms with Gasteiger partial charge in [0.1, 0.15) is 5.78 Å². The maximum atomic E-state index is 11.0. The largest absolute Gasteiger partial charge is 0.299 e. The van der Waals surface area contributed by atoms with E-state index >= 15 is 0 Å². The first-order valence-corrected chi connectivity index (χ1v) is 3.89. The molecule has 0 saturated carbocycles. The molecule has 1 aliphatic rings. The van der Waals surface area contributed by atoms with E-state index in [1.165, 1.54) is 12.0 Å². The highest BCUT2D eigenvalue weighted by atomic mass is 16.1. The summed E-state index contributed by atoms with van der Waals surface area (Å²) in [7, 11) is 0. The highest BCUT2D eigenvalue weighted by Gasteiger charge is 2.17. The first-order valence-electron chi connectivity index (χ1n) is 3.89. The van der Waals surface area contributed by atoms with Gasteiger partial charge in [-0.2, -0.15) is 0 Å². The molecule has 0 heterocycles. The molecule has 1 rings (SSSR count). The predicted molar refractivity (Wildman–Crippen MR) is 41.8 cm³/mol. The summed E-state index contributed by atoms with van der Waals surface area (Å²) in [5.74, 6) is 0.571. The van der Waals surface area contributed by atoms with E-state index in [1.54, 1.807) is 6.92 Å². The van der Waals surface area contributed by atoms with E-state index in [0.29, 0.717) is 5.78 Å². The number of hydrogen-bond donors (Lipinski definition) is 0. The Bertz CT molecular complexity index is 168. The molecule has 0 spiro atoms. The summed E-state index contributed by atoms with van der Waals surface area (Å²) in [6.07, 6.45) is 5.60. The number of Topliss-reactive ketones (excluding diaryl/α,β-unsaturated/α-hetero) is 1. The van der Waals surface area contributed by atoms with Gasteiger partial charge in [0.25, 0.3) is 0 Å². The summed E-state index contributed by atoms with van der Waals surface area (Å²) in [6, 6.07) is 0. The molecular formula is C9H14O. The average Bonchev–Trinajstić information content (AvgIpc) is 1.88. The van der Waals surface area contributed by atoms with E-state index in [4.69, 9.17) is 0 Å². The van der Waals surface area contributed by atoms with Crippen molar-refractivity contribution in [3.63, 3.8) is 0 Å². The number of ketones is 1. The van der Waals surface area contributed by atoms with Crippen molar-refractivity contribution in [2.75, 3.05) is 0 Å². The van der Waals surface area contributed by atoms with Crippen LogP contribution in [0.4, 0.5) is 0 Å². The molecule has 0 aliphatic heterocycles. The van der Waals surface area contributed by atoms with E-state index in [1.807, 2.05) is 0 Å². The lowest BCUT2D eigenvalue weighted by atomic mass is 9.86. The van der Waals surface area contributed by atoms with E-state index in [0.717, 1.165) is 12.8 Å². The Morgan fingerprint density at radius 1 is 1.70 bits per heavy atom. The van der Waals surface area contributed by atoms with Crippen molar-refractivity contribution >= 4 is 5.78 Å².